The predicted molar refractivity (Wildman–Crippen MR) is 78.8 cm³/mol. The molecule has 1 amide bonds. The Bertz CT molecular complexity index is 538. The maximum atomic E-state index is 12.2. The van der Waals surface area contributed by atoms with Gasteiger partial charge in [0, 0.05) is 24.6 Å². The van der Waals surface area contributed by atoms with E-state index in [1.54, 1.807) is 36.9 Å². The second-order valence-electron chi connectivity index (χ2n) is 5.21. The fourth-order valence-electron chi connectivity index (χ4n) is 1.85. The number of carbonyl (C=O) groups is 1. The Hall–Kier alpha value is -2.14. The highest BCUT2D eigenvalue weighted by Crippen LogP contribution is 2.15. The van der Waals surface area contributed by atoms with Crippen LogP contribution in [0, 0.1) is 5.92 Å². The second kappa shape index (κ2) is 7.59. The number of furan rings is 1. The van der Waals surface area contributed by atoms with Crippen molar-refractivity contribution >= 4 is 5.91 Å². The first-order chi connectivity index (χ1) is 10.2. The van der Waals surface area contributed by atoms with Crippen molar-refractivity contribution in [1.29, 1.82) is 0 Å². The van der Waals surface area contributed by atoms with Crippen LogP contribution in [0.25, 0.3) is 0 Å². The van der Waals surface area contributed by atoms with Crippen LogP contribution in [0.4, 0.5) is 0 Å². The van der Waals surface area contributed by atoms with E-state index < -0.39 is 0 Å². The molecule has 0 aliphatic carbocycles. The average molecular weight is 288 g/mol. The number of ether oxygens (including phenoxy) is 1. The van der Waals surface area contributed by atoms with E-state index in [-0.39, 0.29) is 11.9 Å². The number of hydrogen-bond donors (Lipinski definition) is 1. The van der Waals surface area contributed by atoms with Crippen molar-refractivity contribution < 1.29 is 13.9 Å². The summed E-state index contributed by atoms with van der Waals surface area (Å²) in [5.41, 5.74) is 0.561. The Morgan fingerprint density at radius 3 is 2.67 bits per heavy atom. The van der Waals surface area contributed by atoms with Gasteiger partial charge in [-0.3, -0.25) is 9.78 Å². The van der Waals surface area contributed by atoms with Crippen LogP contribution in [0.5, 0.6) is 0 Å². The van der Waals surface area contributed by atoms with Gasteiger partial charge < -0.3 is 14.5 Å². The summed E-state index contributed by atoms with van der Waals surface area (Å²) >= 11 is 0. The summed E-state index contributed by atoms with van der Waals surface area (Å²) in [5.74, 6) is 0.950. The standard InChI is InChI=1S/C16H20N2O3/c1-12(2)10-20-11-14(15-4-3-9-21-15)18-16(19)13-5-7-17-8-6-13/h3-9,12,14H,10-11H2,1-2H3,(H,18,19). The van der Waals surface area contributed by atoms with Gasteiger partial charge in [0.15, 0.2) is 0 Å². The second-order valence-corrected chi connectivity index (χ2v) is 5.21. The lowest BCUT2D eigenvalue weighted by atomic mass is 10.2. The van der Waals surface area contributed by atoms with Gasteiger partial charge in [0.1, 0.15) is 11.8 Å². The molecule has 5 heteroatoms. The molecule has 0 radical (unpaired) electrons. The maximum absolute atomic E-state index is 12.2. The Labute approximate surface area is 124 Å². The first kappa shape index (κ1) is 15.3. The Morgan fingerprint density at radius 1 is 1.29 bits per heavy atom. The minimum atomic E-state index is -0.306. The first-order valence-electron chi connectivity index (χ1n) is 6.99. The van der Waals surface area contributed by atoms with Crippen LogP contribution in [0.2, 0.25) is 0 Å². The molecule has 0 bridgehead atoms. The third-order valence-electron chi connectivity index (χ3n) is 2.87. The Kier molecular flexibility index (Phi) is 5.51. The predicted octanol–water partition coefficient (Wildman–Crippen LogP) is 2.82. The van der Waals surface area contributed by atoms with Crippen LogP contribution in [0.3, 0.4) is 0 Å². The van der Waals surface area contributed by atoms with Crippen molar-refractivity contribution in [3.05, 3.63) is 54.2 Å². The zero-order chi connectivity index (χ0) is 15.1. The highest BCUT2D eigenvalue weighted by molar-refractivity contribution is 5.94. The number of pyridine rings is 1. The van der Waals surface area contributed by atoms with E-state index in [1.807, 2.05) is 6.07 Å². The molecule has 0 saturated heterocycles. The van der Waals surface area contributed by atoms with Crippen LogP contribution < -0.4 is 5.32 Å². The van der Waals surface area contributed by atoms with Gasteiger partial charge in [0.25, 0.3) is 5.91 Å². The van der Waals surface area contributed by atoms with Crippen molar-refractivity contribution in [3.63, 3.8) is 0 Å². The summed E-state index contributed by atoms with van der Waals surface area (Å²) in [5, 5.41) is 2.92. The molecule has 0 aliphatic heterocycles. The van der Waals surface area contributed by atoms with Crippen LogP contribution in [0.15, 0.2) is 47.3 Å². The molecule has 2 aromatic heterocycles. The van der Waals surface area contributed by atoms with Gasteiger partial charge in [-0.05, 0) is 30.2 Å². The van der Waals surface area contributed by atoms with Crippen LogP contribution in [-0.4, -0.2) is 24.1 Å². The normalized spacial score (nSPS) is 12.3. The number of hydrogen-bond acceptors (Lipinski definition) is 4. The average Bonchev–Trinajstić information content (AvgIpc) is 3.01. The van der Waals surface area contributed by atoms with Crippen molar-refractivity contribution in [3.8, 4) is 0 Å². The number of nitrogens with one attached hydrogen (secondary N) is 1. The number of carbonyl (C=O) groups excluding carboxylic acids is 1. The van der Waals surface area contributed by atoms with E-state index in [0.717, 1.165) is 0 Å². The van der Waals surface area contributed by atoms with E-state index in [0.29, 0.717) is 30.5 Å². The van der Waals surface area contributed by atoms with Gasteiger partial charge in [-0.1, -0.05) is 13.8 Å². The van der Waals surface area contributed by atoms with Crippen LogP contribution in [-0.2, 0) is 4.74 Å². The van der Waals surface area contributed by atoms with Crippen LogP contribution >= 0.6 is 0 Å². The largest absolute Gasteiger partial charge is 0.467 e. The number of amides is 1. The topological polar surface area (TPSA) is 64.4 Å². The minimum Gasteiger partial charge on any atom is -0.467 e. The van der Waals surface area contributed by atoms with E-state index in [9.17, 15) is 4.79 Å². The van der Waals surface area contributed by atoms with Crippen LogP contribution in [0.1, 0.15) is 36.0 Å². The van der Waals surface area contributed by atoms with Gasteiger partial charge in [0.05, 0.1) is 12.9 Å². The molecular weight excluding hydrogens is 268 g/mol. The van der Waals surface area contributed by atoms with E-state index >= 15 is 0 Å². The lowest BCUT2D eigenvalue weighted by Crippen LogP contribution is -2.31. The summed E-state index contributed by atoms with van der Waals surface area (Å²) < 4.78 is 11.0. The monoisotopic (exact) mass is 288 g/mol. The zero-order valence-electron chi connectivity index (χ0n) is 12.3. The molecule has 0 spiro atoms. The molecule has 21 heavy (non-hydrogen) atoms. The van der Waals surface area contributed by atoms with Gasteiger partial charge in [-0.15, -0.1) is 0 Å². The van der Waals surface area contributed by atoms with E-state index in [4.69, 9.17) is 9.15 Å². The zero-order valence-corrected chi connectivity index (χ0v) is 12.3. The fraction of sp³-hybridized carbons (Fsp3) is 0.375. The molecule has 1 unspecified atom stereocenters. The first-order valence-corrected chi connectivity index (χ1v) is 6.99. The quantitative estimate of drug-likeness (QED) is 0.851. The lowest BCUT2D eigenvalue weighted by molar-refractivity contribution is 0.0730. The highest BCUT2D eigenvalue weighted by atomic mass is 16.5. The molecular formula is C16H20N2O3. The molecule has 2 heterocycles. The molecule has 5 nitrogen and oxygen atoms in total. The highest BCUT2D eigenvalue weighted by Gasteiger charge is 2.18. The molecule has 0 fully saturated rings. The smallest absolute Gasteiger partial charge is 0.252 e. The minimum absolute atomic E-state index is 0.174. The maximum Gasteiger partial charge on any atom is 0.252 e. The Balaban J connectivity index is 2.00. The van der Waals surface area contributed by atoms with Crippen molar-refractivity contribution in [2.45, 2.75) is 19.9 Å². The molecule has 2 rings (SSSR count). The lowest BCUT2D eigenvalue weighted by Gasteiger charge is -2.17. The summed E-state index contributed by atoms with van der Waals surface area (Å²) in [4.78, 5) is 16.1. The molecule has 112 valence electrons. The van der Waals surface area contributed by atoms with Crippen molar-refractivity contribution in [1.82, 2.24) is 10.3 Å². The third kappa shape index (κ3) is 4.72. The summed E-state index contributed by atoms with van der Waals surface area (Å²) in [6.07, 6.45) is 4.77. The fourth-order valence-corrected chi connectivity index (χ4v) is 1.85. The molecule has 0 aliphatic rings. The summed E-state index contributed by atoms with van der Waals surface area (Å²) in [6, 6.07) is 6.66. The molecule has 0 saturated carbocycles. The molecule has 2 aromatic rings. The van der Waals surface area contributed by atoms with Crippen molar-refractivity contribution in [2.24, 2.45) is 5.92 Å². The third-order valence-corrected chi connectivity index (χ3v) is 2.87. The van der Waals surface area contributed by atoms with E-state index in [2.05, 4.69) is 24.1 Å². The SMILES string of the molecule is CC(C)COCC(NC(=O)c1ccncc1)c1ccco1. The molecule has 1 N–H and O–H groups in total. The molecule has 0 aromatic carbocycles. The molecule has 1 atom stereocenters. The Morgan fingerprint density at radius 2 is 2.05 bits per heavy atom. The van der Waals surface area contributed by atoms with E-state index in [1.165, 1.54) is 0 Å². The van der Waals surface area contributed by atoms with Gasteiger partial charge in [-0.25, -0.2) is 0 Å². The van der Waals surface area contributed by atoms with Crippen molar-refractivity contribution in [2.75, 3.05) is 13.2 Å². The van der Waals surface area contributed by atoms with Gasteiger partial charge in [0.2, 0.25) is 0 Å². The van der Waals surface area contributed by atoms with Gasteiger partial charge >= 0.3 is 0 Å². The number of rotatable bonds is 7. The summed E-state index contributed by atoms with van der Waals surface area (Å²) in [6.45, 7) is 5.18. The number of aromatic nitrogens is 1. The summed E-state index contributed by atoms with van der Waals surface area (Å²) in [7, 11) is 0. The number of nitrogens with zero attached hydrogens (tertiary/aromatic N) is 1. The van der Waals surface area contributed by atoms with Gasteiger partial charge in [-0.2, -0.15) is 0 Å².